The quantitative estimate of drug-likeness (QED) is 0.347. The van der Waals surface area contributed by atoms with Crippen molar-refractivity contribution in [1.82, 2.24) is 20.4 Å². The Hall–Kier alpha value is -3.97. The lowest BCUT2D eigenvalue weighted by molar-refractivity contribution is -0.116. The van der Waals surface area contributed by atoms with Crippen LogP contribution in [-0.4, -0.2) is 28.1 Å². The molecule has 0 aliphatic carbocycles. The van der Waals surface area contributed by atoms with E-state index in [1.54, 1.807) is 29.5 Å². The van der Waals surface area contributed by atoms with Gasteiger partial charge in [-0.2, -0.15) is 5.10 Å². The van der Waals surface area contributed by atoms with Crippen molar-refractivity contribution in [2.75, 3.05) is 6.54 Å². The maximum Gasteiger partial charge on any atom is 0.251 e. The van der Waals surface area contributed by atoms with Gasteiger partial charge in [-0.05, 0) is 47.7 Å². The first-order valence-electron chi connectivity index (χ1n) is 11.1. The molecule has 2 N–H and O–H groups in total. The molecule has 0 unspecified atom stereocenters. The summed E-state index contributed by atoms with van der Waals surface area (Å²) in [7, 11) is 0. The summed E-state index contributed by atoms with van der Waals surface area (Å²) < 4.78 is 1.90. The molecule has 4 rings (SSSR count). The largest absolute Gasteiger partial charge is 0.352 e. The van der Waals surface area contributed by atoms with Crippen LogP contribution >= 0.6 is 11.3 Å². The molecule has 0 aliphatic heterocycles. The van der Waals surface area contributed by atoms with Crippen molar-refractivity contribution in [3.05, 3.63) is 107 Å². The molecular formula is C27H26N4O2S. The summed E-state index contributed by atoms with van der Waals surface area (Å²) in [5.41, 5.74) is 4.33. The van der Waals surface area contributed by atoms with Crippen LogP contribution < -0.4 is 10.6 Å². The van der Waals surface area contributed by atoms with Gasteiger partial charge in [0.1, 0.15) is 5.69 Å². The molecule has 0 aliphatic rings. The zero-order valence-corrected chi connectivity index (χ0v) is 19.7. The maximum atomic E-state index is 12.5. The number of benzene rings is 2. The molecule has 2 aromatic carbocycles. The first-order chi connectivity index (χ1) is 16.6. The number of nitrogens with one attached hydrogen (secondary N) is 2. The van der Waals surface area contributed by atoms with Gasteiger partial charge in [-0.25, -0.2) is 0 Å². The third kappa shape index (κ3) is 6.08. The Morgan fingerprint density at radius 2 is 1.82 bits per heavy atom. The zero-order chi connectivity index (χ0) is 23.8. The summed E-state index contributed by atoms with van der Waals surface area (Å²) in [5.74, 6) is -0.333. The molecule has 0 radical (unpaired) electrons. The van der Waals surface area contributed by atoms with Crippen LogP contribution in [0.4, 0.5) is 0 Å². The van der Waals surface area contributed by atoms with E-state index in [9.17, 15) is 9.59 Å². The Morgan fingerprint density at radius 3 is 2.59 bits per heavy atom. The highest BCUT2D eigenvalue weighted by Gasteiger charge is 2.11. The van der Waals surface area contributed by atoms with Crippen molar-refractivity contribution in [3.8, 4) is 10.6 Å². The molecule has 2 heterocycles. The van der Waals surface area contributed by atoms with Crippen molar-refractivity contribution in [1.29, 1.82) is 0 Å². The van der Waals surface area contributed by atoms with Gasteiger partial charge in [-0.15, -0.1) is 11.3 Å². The van der Waals surface area contributed by atoms with E-state index in [-0.39, 0.29) is 11.8 Å². The molecule has 0 spiro atoms. The Morgan fingerprint density at radius 1 is 1.00 bits per heavy atom. The van der Waals surface area contributed by atoms with E-state index in [1.165, 1.54) is 6.08 Å². The van der Waals surface area contributed by atoms with Crippen molar-refractivity contribution in [3.63, 3.8) is 0 Å². The van der Waals surface area contributed by atoms with E-state index in [0.29, 0.717) is 25.2 Å². The molecule has 6 nitrogen and oxygen atoms in total. The lowest BCUT2D eigenvalue weighted by Gasteiger charge is -2.06. The van der Waals surface area contributed by atoms with Crippen LogP contribution in [0.25, 0.3) is 16.6 Å². The number of rotatable bonds is 9. The second kappa shape index (κ2) is 11.2. The minimum atomic E-state index is -0.212. The molecule has 0 fully saturated rings. The fraction of sp³-hybridized carbons (Fsp3) is 0.148. The van der Waals surface area contributed by atoms with Crippen molar-refractivity contribution >= 4 is 29.2 Å². The number of carbonyl (C=O) groups is 2. The maximum absolute atomic E-state index is 12.5. The molecule has 172 valence electrons. The molecule has 0 saturated heterocycles. The van der Waals surface area contributed by atoms with Crippen LogP contribution in [0, 0.1) is 0 Å². The summed E-state index contributed by atoms with van der Waals surface area (Å²) in [6.07, 6.45) is 5.28. The number of amides is 2. The number of nitrogens with zero attached hydrogens (tertiary/aromatic N) is 2. The summed E-state index contributed by atoms with van der Waals surface area (Å²) in [6.45, 7) is 3.44. The second-order valence-corrected chi connectivity index (χ2v) is 8.65. The molecule has 2 amide bonds. The topological polar surface area (TPSA) is 76.0 Å². The average Bonchev–Trinajstić information content (AvgIpc) is 3.52. The molecule has 7 heteroatoms. The van der Waals surface area contributed by atoms with Crippen LogP contribution in [0.2, 0.25) is 0 Å². The van der Waals surface area contributed by atoms with Crippen molar-refractivity contribution in [2.24, 2.45) is 0 Å². The highest BCUT2D eigenvalue weighted by atomic mass is 32.1. The van der Waals surface area contributed by atoms with Gasteiger partial charge < -0.3 is 10.6 Å². The lowest BCUT2D eigenvalue weighted by atomic mass is 10.1. The van der Waals surface area contributed by atoms with Gasteiger partial charge in [0.05, 0.1) is 11.4 Å². The Kier molecular flexibility index (Phi) is 7.67. The van der Waals surface area contributed by atoms with Crippen LogP contribution in [0.15, 0.2) is 84.4 Å². The van der Waals surface area contributed by atoms with Gasteiger partial charge in [0.25, 0.3) is 5.91 Å². The molecule has 2 aromatic heterocycles. The normalized spacial score (nSPS) is 11.0. The molecule has 34 heavy (non-hydrogen) atoms. The van der Waals surface area contributed by atoms with Crippen molar-refractivity contribution in [2.45, 2.75) is 20.0 Å². The van der Waals surface area contributed by atoms with E-state index >= 15 is 0 Å². The van der Waals surface area contributed by atoms with E-state index in [2.05, 4.69) is 22.8 Å². The van der Waals surface area contributed by atoms with Gasteiger partial charge in [0, 0.05) is 36.5 Å². The Labute approximate surface area is 203 Å². The van der Waals surface area contributed by atoms with Crippen LogP contribution in [0.1, 0.15) is 34.0 Å². The predicted molar refractivity (Wildman–Crippen MR) is 136 cm³/mol. The van der Waals surface area contributed by atoms with E-state index in [0.717, 1.165) is 27.3 Å². The average molecular weight is 471 g/mol. The van der Waals surface area contributed by atoms with E-state index in [1.807, 2.05) is 65.6 Å². The molecule has 4 aromatic rings. The minimum Gasteiger partial charge on any atom is -0.352 e. The predicted octanol–water partition coefficient (Wildman–Crippen LogP) is 4.74. The monoisotopic (exact) mass is 470 g/mol. The van der Waals surface area contributed by atoms with E-state index in [4.69, 9.17) is 5.10 Å². The summed E-state index contributed by atoms with van der Waals surface area (Å²) in [6, 6.07) is 21.4. The number of hydrogen-bond donors (Lipinski definition) is 2. The fourth-order valence-electron chi connectivity index (χ4n) is 3.51. The van der Waals surface area contributed by atoms with E-state index < -0.39 is 0 Å². The first kappa shape index (κ1) is 23.2. The number of aromatic nitrogens is 2. The number of carbonyl (C=O) groups excluding carboxylic acids is 2. The lowest BCUT2D eigenvalue weighted by Crippen LogP contribution is -2.23. The first-order valence-corrected chi connectivity index (χ1v) is 12.0. The number of thiophene rings is 1. The Balaban J connectivity index is 1.44. The second-order valence-electron chi connectivity index (χ2n) is 7.70. The highest BCUT2D eigenvalue weighted by molar-refractivity contribution is 7.13. The van der Waals surface area contributed by atoms with Crippen LogP contribution in [0.3, 0.4) is 0 Å². The van der Waals surface area contributed by atoms with Crippen LogP contribution in [0.5, 0.6) is 0 Å². The molecule has 0 saturated carbocycles. The molecule has 0 atom stereocenters. The van der Waals surface area contributed by atoms with Gasteiger partial charge in [-0.3, -0.25) is 14.3 Å². The Bertz CT molecular complexity index is 1280. The van der Waals surface area contributed by atoms with Gasteiger partial charge in [0.15, 0.2) is 0 Å². The summed E-state index contributed by atoms with van der Waals surface area (Å²) in [4.78, 5) is 25.6. The minimum absolute atomic E-state index is 0.121. The van der Waals surface area contributed by atoms with Gasteiger partial charge >= 0.3 is 0 Å². The zero-order valence-electron chi connectivity index (χ0n) is 18.9. The molecular weight excluding hydrogens is 444 g/mol. The number of hydrogen-bond acceptors (Lipinski definition) is 4. The highest BCUT2D eigenvalue weighted by Crippen LogP contribution is 2.27. The van der Waals surface area contributed by atoms with Crippen LogP contribution in [-0.2, 0) is 17.9 Å². The molecule has 0 bridgehead atoms. The van der Waals surface area contributed by atoms with Gasteiger partial charge in [-0.1, -0.05) is 48.5 Å². The summed E-state index contributed by atoms with van der Waals surface area (Å²) in [5, 5.41) is 12.4. The van der Waals surface area contributed by atoms with Gasteiger partial charge in [0.2, 0.25) is 5.91 Å². The van der Waals surface area contributed by atoms with Crippen molar-refractivity contribution < 1.29 is 9.59 Å². The smallest absolute Gasteiger partial charge is 0.251 e. The third-order valence-corrected chi connectivity index (χ3v) is 6.02. The fourth-order valence-corrected chi connectivity index (χ4v) is 4.24. The SMILES string of the molecule is CCNC(=O)c1cccc(CNC(=O)/C=C/c2cn(Cc3ccccc3)nc2-c2cccs2)c1. The third-order valence-electron chi connectivity index (χ3n) is 5.14. The summed E-state index contributed by atoms with van der Waals surface area (Å²) >= 11 is 1.62. The standard InChI is InChI=1S/C27H26N4O2S/c1-2-28-27(33)22-11-6-10-21(16-22)17-29-25(32)14-13-23-19-31(18-20-8-4-3-5-9-20)30-26(23)24-12-7-15-34-24/h3-16,19H,2,17-18H2,1H3,(H,28,33)(H,29,32)/b14-13+.